The highest BCUT2D eigenvalue weighted by Crippen LogP contribution is 2.40. The number of carbonyl (C=O) groups is 3. The summed E-state index contributed by atoms with van der Waals surface area (Å²) in [7, 11) is 0. The molecule has 1 aliphatic heterocycles. The first kappa shape index (κ1) is 19.1. The van der Waals surface area contributed by atoms with Gasteiger partial charge in [0.1, 0.15) is 0 Å². The summed E-state index contributed by atoms with van der Waals surface area (Å²) in [5.41, 5.74) is 4.52. The molecule has 1 heterocycles. The molecule has 0 unspecified atom stereocenters. The number of amides is 3. The SMILES string of the molecule is CC1=CC[C@H]2C(=O)N(c3ccccc3C(=O)Nc3cc(C)ccc3C)C(=O)[C@@H]2C1. The number of para-hydroxylation sites is 1. The summed E-state index contributed by atoms with van der Waals surface area (Å²) in [5.74, 6) is -1.42. The Kier molecular flexibility index (Phi) is 4.82. The van der Waals surface area contributed by atoms with Crippen molar-refractivity contribution >= 4 is 29.1 Å². The fourth-order valence-electron chi connectivity index (χ4n) is 4.20. The summed E-state index contributed by atoms with van der Waals surface area (Å²) in [5, 5.41) is 2.93. The smallest absolute Gasteiger partial charge is 0.257 e. The lowest BCUT2D eigenvalue weighted by Gasteiger charge is -2.19. The van der Waals surface area contributed by atoms with Crippen molar-refractivity contribution in [2.24, 2.45) is 11.8 Å². The van der Waals surface area contributed by atoms with E-state index in [9.17, 15) is 14.4 Å². The predicted molar refractivity (Wildman–Crippen MR) is 113 cm³/mol. The van der Waals surface area contributed by atoms with Crippen LogP contribution in [0.1, 0.15) is 41.3 Å². The highest BCUT2D eigenvalue weighted by molar-refractivity contribution is 6.25. The Morgan fingerprint density at radius 2 is 1.72 bits per heavy atom. The van der Waals surface area contributed by atoms with Gasteiger partial charge in [-0.2, -0.15) is 0 Å². The van der Waals surface area contributed by atoms with Crippen LogP contribution in [-0.2, 0) is 9.59 Å². The van der Waals surface area contributed by atoms with Crippen molar-refractivity contribution in [1.29, 1.82) is 0 Å². The molecule has 5 heteroatoms. The quantitative estimate of drug-likeness (QED) is 0.626. The molecule has 2 aliphatic rings. The third-order valence-corrected chi connectivity index (χ3v) is 5.85. The number of aryl methyl sites for hydroxylation is 2. The lowest BCUT2D eigenvalue weighted by molar-refractivity contribution is -0.122. The maximum absolute atomic E-state index is 13.1. The molecular formula is C24H24N2O3. The van der Waals surface area contributed by atoms with Gasteiger partial charge in [-0.1, -0.05) is 35.9 Å². The fraction of sp³-hybridized carbons (Fsp3) is 0.292. The van der Waals surface area contributed by atoms with Gasteiger partial charge in [0, 0.05) is 5.69 Å². The Balaban J connectivity index is 1.67. The first-order valence-electron chi connectivity index (χ1n) is 9.88. The van der Waals surface area contributed by atoms with Crippen molar-refractivity contribution < 1.29 is 14.4 Å². The molecule has 0 bridgehead atoms. The number of hydrogen-bond acceptors (Lipinski definition) is 3. The van der Waals surface area contributed by atoms with Crippen molar-refractivity contribution in [3.8, 4) is 0 Å². The Morgan fingerprint density at radius 1 is 1.00 bits per heavy atom. The molecule has 29 heavy (non-hydrogen) atoms. The molecule has 4 rings (SSSR count). The summed E-state index contributed by atoms with van der Waals surface area (Å²) >= 11 is 0. The van der Waals surface area contributed by atoms with Crippen molar-refractivity contribution in [2.75, 3.05) is 10.2 Å². The first-order valence-corrected chi connectivity index (χ1v) is 9.88. The van der Waals surface area contributed by atoms with Crippen LogP contribution < -0.4 is 10.2 Å². The van der Waals surface area contributed by atoms with Crippen molar-refractivity contribution in [3.63, 3.8) is 0 Å². The molecule has 2 atom stereocenters. The average molecular weight is 388 g/mol. The molecule has 0 aromatic heterocycles. The van der Waals surface area contributed by atoms with Gasteiger partial charge in [-0.3, -0.25) is 14.4 Å². The van der Waals surface area contributed by atoms with Gasteiger partial charge in [0.25, 0.3) is 5.91 Å². The van der Waals surface area contributed by atoms with Gasteiger partial charge in [0.15, 0.2) is 0 Å². The Hall–Kier alpha value is -3.21. The average Bonchev–Trinajstić information content (AvgIpc) is 2.94. The molecule has 1 aliphatic carbocycles. The van der Waals surface area contributed by atoms with Gasteiger partial charge in [-0.05, 0) is 62.9 Å². The van der Waals surface area contributed by atoms with E-state index in [1.165, 1.54) is 4.90 Å². The number of nitrogens with zero attached hydrogens (tertiary/aromatic N) is 1. The monoisotopic (exact) mass is 388 g/mol. The van der Waals surface area contributed by atoms with E-state index in [-0.39, 0.29) is 29.6 Å². The second kappa shape index (κ2) is 7.32. The first-order chi connectivity index (χ1) is 13.9. The van der Waals surface area contributed by atoms with Gasteiger partial charge in [0.05, 0.1) is 23.1 Å². The van der Waals surface area contributed by atoms with E-state index >= 15 is 0 Å². The van der Waals surface area contributed by atoms with E-state index in [2.05, 4.69) is 5.32 Å². The lowest BCUT2D eigenvalue weighted by Crippen LogP contribution is -2.33. The maximum Gasteiger partial charge on any atom is 0.257 e. The minimum absolute atomic E-state index is 0.209. The second-order valence-electron chi connectivity index (χ2n) is 8.00. The lowest BCUT2D eigenvalue weighted by atomic mass is 9.82. The summed E-state index contributed by atoms with van der Waals surface area (Å²) in [6.45, 7) is 5.87. The summed E-state index contributed by atoms with van der Waals surface area (Å²) in [6, 6.07) is 12.7. The van der Waals surface area contributed by atoms with Crippen molar-refractivity contribution in [3.05, 3.63) is 70.8 Å². The second-order valence-corrected chi connectivity index (χ2v) is 8.00. The molecule has 1 N–H and O–H groups in total. The number of fused-ring (bicyclic) bond motifs is 1. The van der Waals surface area contributed by atoms with Gasteiger partial charge < -0.3 is 5.32 Å². The van der Waals surface area contributed by atoms with E-state index in [4.69, 9.17) is 0 Å². The molecule has 5 nitrogen and oxygen atoms in total. The van der Waals surface area contributed by atoms with Crippen LogP contribution in [0.4, 0.5) is 11.4 Å². The number of carbonyl (C=O) groups excluding carboxylic acids is 3. The molecule has 1 saturated heterocycles. The molecule has 0 spiro atoms. The molecule has 1 fully saturated rings. The predicted octanol–water partition coefficient (Wildman–Crippen LogP) is 4.40. The molecule has 0 radical (unpaired) electrons. The minimum Gasteiger partial charge on any atom is -0.322 e. The van der Waals surface area contributed by atoms with Crippen LogP contribution in [-0.4, -0.2) is 17.7 Å². The van der Waals surface area contributed by atoms with Gasteiger partial charge in [0.2, 0.25) is 11.8 Å². The summed E-state index contributed by atoms with van der Waals surface area (Å²) in [4.78, 5) is 40.4. The van der Waals surface area contributed by atoms with E-state index < -0.39 is 0 Å². The van der Waals surface area contributed by atoms with E-state index in [0.717, 1.165) is 22.4 Å². The van der Waals surface area contributed by atoms with Crippen LogP contribution in [0.2, 0.25) is 0 Å². The molecular weight excluding hydrogens is 364 g/mol. The van der Waals surface area contributed by atoms with E-state index in [0.29, 0.717) is 24.1 Å². The number of anilines is 2. The van der Waals surface area contributed by atoms with Crippen molar-refractivity contribution in [2.45, 2.75) is 33.6 Å². The van der Waals surface area contributed by atoms with E-state index in [1.807, 2.05) is 45.0 Å². The molecule has 148 valence electrons. The number of nitrogens with one attached hydrogen (secondary N) is 1. The van der Waals surface area contributed by atoms with Crippen LogP contribution in [0.3, 0.4) is 0 Å². The maximum atomic E-state index is 13.1. The highest BCUT2D eigenvalue weighted by Gasteiger charge is 2.49. The van der Waals surface area contributed by atoms with Crippen LogP contribution in [0.15, 0.2) is 54.1 Å². The third kappa shape index (κ3) is 3.37. The van der Waals surface area contributed by atoms with Gasteiger partial charge in [-0.25, -0.2) is 4.90 Å². The molecule has 2 aromatic carbocycles. The minimum atomic E-state index is -0.334. The zero-order valence-electron chi connectivity index (χ0n) is 16.9. The van der Waals surface area contributed by atoms with Crippen LogP contribution >= 0.6 is 0 Å². The third-order valence-electron chi connectivity index (χ3n) is 5.85. The number of benzene rings is 2. The van der Waals surface area contributed by atoms with Crippen LogP contribution in [0, 0.1) is 25.7 Å². The molecule has 0 saturated carbocycles. The van der Waals surface area contributed by atoms with Crippen LogP contribution in [0.5, 0.6) is 0 Å². The standard InChI is InChI=1S/C24H24N2O3/c1-14-9-11-17-19(12-14)24(29)26(23(17)28)21-7-5-4-6-18(21)22(27)25-20-13-15(2)8-10-16(20)3/h4-10,13,17,19H,11-12H2,1-3H3,(H,25,27)/t17-,19-/m1/s1. The Labute approximate surface area is 170 Å². The molecule has 2 aromatic rings. The topological polar surface area (TPSA) is 66.5 Å². The number of rotatable bonds is 3. The summed E-state index contributed by atoms with van der Waals surface area (Å²) < 4.78 is 0. The normalized spacial score (nSPS) is 21.1. The van der Waals surface area contributed by atoms with Gasteiger partial charge >= 0.3 is 0 Å². The van der Waals surface area contributed by atoms with Gasteiger partial charge in [-0.15, -0.1) is 0 Å². The molecule has 3 amide bonds. The van der Waals surface area contributed by atoms with Crippen molar-refractivity contribution in [1.82, 2.24) is 0 Å². The highest BCUT2D eigenvalue weighted by atomic mass is 16.2. The van der Waals surface area contributed by atoms with E-state index in [1.54, 1.807) is 24.3 Å². The number of allylic oxidation sites excluding steroid dienone is 2. The Bertz CT molecular complexity index is 1050. The Morgan fingerprint density at radius 3 is 2.52 bits per heavy atom. The van der Waals surface area contributed by atoms with Crippen LogP contribution in [0.25, 0.3) is 0 Å². The number of imide groups is 1. The fourth-order valence-corrected chi connectivity index (χ4v) is 4.20. The largest absolute Gasteiger partial charge is 0.322 e. The zero-order valence-corrected chi connectivity index (χ0v) is 16.9. The zero-order chi connectivity index (χ0) is 20.7. The number of hydrogen-bond donors (Lipinski definition) is 1. The summed E-state index contributed by atoms with van der Waals surface area (Å²) in [6.07, 6.45) is 3.21.